The molecule has 0 spiro atoms. The van der Waals surface area contributed by atoms with E-state index in [9.17, 15) is 15.3 Å². The van der Waals surface area contributed by atoms with Crippen molar-refractivity contribution in [2.45, 2.75) is 98.6 Å². The van der Waals surface area contributed by atoms with E-state index in [1.165, 1.54) is 6.08 Å². The Kier molecular flexibility index (Phi) is 8.21. The summed E-state index contributed by atoms with van der Waals surface area (Å²) < 4.78 is 31.4. The minimum atomic E-state index is -0.972. The van der Waals surface area contributed by atoms with Crippen LogP contribution in [0.4, 0.5) is 0 Å². The van der Waals surface area contributed by atoms with Gasteiger partial charge in [-0.25, -0.2) is 0 Å². The molecule has 0 amide bonds. The van der Waals surface area contributed by atoms with Gasteiger partial charge in [0.1, 0.15) is 36.6 Å². The first-order chi connectivity index (χ1) is 17.5. The average Bonchev–Trinajstić information content (AvgIpc) is 3.24. The van der Waals surface area contributed by atoms with Crippen molar-refractivity contribution in [1.82, 2.24) is 0 Å². The van der Waals surface area contributed by atoms with E-state index in [2.05, 4.69) is 6.58 Å². The Morgan fingerprint density at radius 3 is 2.42 bits per heavy atom. The minimum Gasteiger partial charge on any atom is -0.393 e. The molecule has 0 aromatic carbocycles. The fraction of sp³-hybridized carbons (Fsp3) is 0.630. The SMILES string of the molecule is C=CCC1O[C@H]2C=C[C@H]3O[C@H]4[C@H](O)[C@H]5O[C@@H](/C=C/C(O)CO)C=CC[C@@H]5O[C@@H]4C[C@@H]3O[C@@H]2C=C[C@@H]1O. The fourth-order valence-electron chi connectivity index (χ4n) is 5.51. The molecule has 0 aromatic rings. The highest BCUT2D eigenvalue weighted by atomic mass is 16.6. The van der Waals surface area contributed by atoms with Crippen LogP contribution < -0.4 is 0 Å². The number of fused-ring (bicyclic) bond motifs is 4. The van der Waals surface area contributed by atoms with Crippen LogP contribution in [0.3, 0.4) is 0 Å². The summed E-state index contributed by atoms with van der Waals surface area (Å²) in [5.41, 5.74) is 0. The lowest BCUT2D eigenvalue weighted by atomic mass is 9.87. The Morgan fingerprint density at radius 1 is 0.861 bits per heavy atom. The van der Waals surface area contributed by atoms with Gasteiger partial charge in [-0.2, -0.15) is 0 Å². The lowest BCUT2D eigenvalue weighted by Gasteiger charge is -2.49. The summed E-state index contributed by atoms with van der Waals surface area (Å²) in [7, 11) is 0. The molecule has 0 bridgehead atoms. The predicted molar refractivity (Wildman–Crippen MR) is 129 cm³/mol. The fourth-order valence-corrected chi connectivity index (χ4v) is 5.51. The van der Waals surface area contributed by atoms with Crippen LogP contribution in [-0.2, 0) is 23.7 Å². The molecule has 0 radical (unpaired) electrons. The predicted octanol–water partition coefficient (Wildman–Crippen LogP) is 0.479. The van der Waals surface area contributed by atoms with Gasteiger partial charge in [0.2, 0.25) is 0 Å². The molecule has 0 aliphatic carbocycles. The van der Waals surface area contributed by atoms with Crippen molar-refractivity contribution in [3.8, 4) is 0 Å². The van der Waals surface area contributed by atoms with Gasteiger partial charge >= 0.3 is 0 Å². The van der Waals surface area contributed by atoms with Crippen LogP contribution in [0.5, 0.6) is 0 Å². The van der Waals surface area contributed by atoms with Crippen molar-refractivity contribution in [3.05, 3.63) is 61.3 Å². The van der Waals surface area contributed by atoms with Crippen molar-refractivity contribution >= 4 is 0 Å². The molecule has 5 rings (SSSR count). The minimum absolute atomic E-state index is 0.305. The molecule has 5 heterocycles. The van der Waals surface area contributed by atoms with Crippen LogP contribution in [0.25, 0.3) is 0 Å². The standard InChI is InChI=1S/C27H36O9/c1-2-4-18-17(30)9-10-19-20(33-18)11-12-21-23(34-19)13-24-27(36-21)25(31)26-22(35-24)6-3-5-16(32-26)8-7-15(29)14-28/h2-3,5,7-12,15-31H,1,4,6,13-14H2/b8-7+/t15?,16-,17+,18?,19-,20+,21-,22+,23+,24-,25-,26+,27-/m1/s1. The Labute approximate surface area is 210 Å². The first-order valence-electron chi connectivity index (χ1n) is 12.7. The van der Waals surface area contributed by atoms with E-state index in [1.807, 2.05) is 30.4 Å². The van der Waals surface area contributed by atoms with Crippen molar-refractivity contribution in [2.24, 2.45) is 0 Å². The molecular formula is C27H36O9. The maximum absolute atomic E-state index is 11.3. The number of hydrogen-bond acceptors (Lipinski definition) is 9. The highest BCUT2D eigenvalue weighted by molar-refractivity contribution is 5.16. The summed E-state index contributed by atoms with van der Waals surface area (Å²) in [6.45, 7) is 3.37. The summed E-state index contributed by atoms with van der Waals surface area (Å²) in [5.74, 6) is 0. The summed E-state index contributed by atoms with van der Waals surface area (Å²) >= 11 is 0. The summed E-state index contributed by atoms with van der Waals surface area (Å²) in [6, 6.07) is 0. The third kappa shape index (κ3) is 5.45. The van der Waals surface area contributed by atoms with Gasteiger partial charge in [-0.15, -0.1) is 6.58 Å². The van der Waals surface area contributed by atoms with E-state index >= 15 is 0 Å². The smallest absolute Gasteiger partial charge is 0.114 e. The third-order valence-electron chi connectivity index (χ3n) is 7.38. The molecule has 0 aromatic heterocycles. The molecule has 0 saturated carbocycles. The van der Waals surface area contributed by atoms with Crippen LogP contribution >= 0.6 is 0 Å². The highest BCUT2D eigenvalue weighted by Crippen LogP contribution is 2.39. The summed E-state index contributed by atoms with van der Waals surface area (Å²) in [6.07, 6.45) is 10.7. The van der Waals surface area contributed by atoms with E-state index in [0.29, 0.717) is 19.3 Å². The largest absolute Gasteiger partial charge is 0.393 e. The van der Waals surface area contributed by atoms with E-state index in [4.69, 9.17) is 28.8 Å². The molecule has 5 aliphatic rings. The molecule has 36 heavy (non-hydrogen) atoms. The van der Waals surface area contributed by atoms with Crippen LogP contribution in [0.2, 0.25) is 0 Å². The summed E-state index contributed by atoms with van der Waals surface area (Å²) in [5, 5.41) is 40.3. The van der Waals surface area contributed by atoms with Gasteiger partial charge < -0.3 is 44.1 Å². The molecule has 9 nitrogen and oxygen atoms in total. The first kappa shape index (κ1) is 26.0. The van der Waals surface area contributed by atoms with E-state index in [1.54, 1.807) is 18.2 Å². The van der Waals surface area contributed by atoms with Gasteiger partial charge in [-0.1, -0.05) is 54.7 Å². The number of aliphatic hydroxyl groups is 4. The molecule has 2 saturated heterocycles. The van der Waals surface area contributed by atoms with Gasteiger partial charge in [0.25, 0.3) is 0 Å². The Balaban J connectivity index is 1.29. The second kappa shape index (κ2) is 11.4. The van der Waals surface area contributed by atoms with Gasteiger partial charge in [-0.05, 0) is 12.8 Å². The molecule has 198 valence electrons. The van der Waals surface area contributed by atoms with Crippen molar-refractivity contribution in [1.29, 1.82) is 0 Å². The first-order valence-corrected chi connectivity index (χ1v) is 12.7. The zero-order valence-electron chi connectivity index (χ0n) is 20.1. The zero-order valence-corrected chi connectivity index (χ0v) is 20.1. The van der Waals surface area contributed by atoms with E-state index in [0.717, 1.165) is 0 Å². The number of hydrogen-bond donors (Lipinski definition) is 4. The quantitative estimate of drug-likeness (QED) is 0.396. The number of aliphatic hydroxyl groups excluding tert-OH is 4. The average molecular weight is 505 g/mol. The zero-order chi connectivity index (χ0) is 25.2. The molecule has 2 fully saturated rings. The van der Waals surface area contributed by atoms with E-state index in [-0.39, 0.29) is 37.1 Å². The van der Waals surface area contributed by atoms with Gasteiger partial charge in [0, 0.05) is 6.42 Å². The Bertz CT molecular complexity index is 884. The van der Waals surface area contributed by atoms with Crippen LogP contribution in [0, 0.1) is 0 Å². The van der Waals surface area contributed by atoms with Gasteiger partial charge in [0.15, 0.2) is 0 Å². The van der Waals surface area contributed by atoms with Gasteiger partial charge in [-0.3, -0.25) is 0 Å². The molecule has 2 unspecified atom stereocenters. The highest BCUT2D eigenvalue weighted by Gasteiger charge is 2.52. The maximum Gasteiger partial charge on any atom is 0.114 e. The molecule has 13 atom stereocenters. The monoisotopic (exact) mass is 504 g/mol. The second-order valence-corrected chi connectivity index (χ2v) is 9.93. The molecular weight excluding hydrogens is 468 g/mol. The Hall–Kier alpha value is -1.66. The van der Waals surface area contributed by atoms with Crippen molar-refractivity contribution in [2.75, 3.05) is 6.61 Å². The normalized spacial score (nSPS) is 47.0. The van der Waals surface area contributed by atoms with E-state index < -0.39 is 48.8 Å². The van der Waals surface area contributed by atoms with Gasteiger partial charge in [0.05, 0.1) is 49.3 Å². The van der Waals surface area contributed by atoms with Crippen LogP contribution in [0.15, 0.2) is 61.3 Å². The van der Waals surface area contributed by atoms with Crippen molar-refractivity contribution in [3.63, 3.8) is 0 Å². The molecule has 9 heteroatoms. The topological polar surface area (TPSA) is 127 Å². The number of rotatable bonds is 5. The Morgan fingerprint density at radius 2 is 1.61 bits per heavy atom. The second-order valence-electron chi connectivity index (χ2n) is 9.93. The molecule has 5 aliphatic heterocycles. The number of ether oxygens (including phenoxy) is 5. The molecule has 4 N–H and O–H groups in total. The van der Waals surface area contributed by atoms with Crippen LogP contribution in [-0.4, -0.2) is 106 Å². The third-order valence-corrected chi connectivity index (χ3v) is 7.38. The lowest BCUT2D eigenvalue weighted by Crippen LogP contribution is -2.63. The maximum atomic E-state index is 11.3. The lowest BCUT2D eigenvalue weighted by molar-refractivity contribution is -0.287. The summed E-state index contributed by atoms with van der Waals surface area (Å²) in [4.78, 5) is 0. The van der Waals surface area contributed by atoms with Crippen molar-refractivity contribution < 1.29 is 44.1 Å². The van der Waals surface area contributed by atoms with Crippen LogP contribution in [0.1, 0.15) is 19.3 Å².